The molecule has 0 rings (SSSR count). The maximum Gasteiger partial charge on any atom is 0.138 e. The molecule has 0 aliphatic heterocycles. The Morgan fingerprint density at radius 1 is 1.00 bits per heavy atom. The molecule has 0 N–H and O–H groups in total. The van der Waals surface area contributed by atoms with E-state index in [2.05, 4.69) is 60.8 Å². The highest BCUT2D eigenvalue weighted by Gasteiger charge is 2.07. The van der Waals surface area contributed by atoms with Crippen molar-refractivity contribution in [3.05, 3.63) is 17.5 Å². The molecule has 76 valence electrons. The van der Waals surface area contributed by atoms with E-state index in [-0.39, 0.29) is 0 Å². The van der Waals surface area contributed by atoms with Crippen LogP contribution in [-0.4, -0.2) is 25.6 Å². The van der Waals surface area contributed by atoms with E-state index in [9.17, 15) is 0 Å². The Morgan fingerprint density at radius 2 is 1.38 bits per heavy atom. The monoisotopic (exact) mass is 182 g/mol. The van der Waals surface area contributed by atoms with Crippen LogP contribution in [0.2, 0.25) is 0 Å². The smallest absolute Gasteiger partial charge is 0.138 e. The van der Waals surface area contributed by atoms with Crippen molar-refractivity contribution in [3.63, 3.8) is 0 Å². The third-order valence-corrected chi connectivity index (χ3v) is 1.86. The lowest BCUT2D eigenvalue weighted by Gasteiger charge is -2.17. The van der Waals surface area contributed by atoms with Crippen LogP contribution in [0, 0.1) is 11.8 Å². The van der Waals surface area contributed by atoms with Crippen molar-refractivity contribution < 1.29 is 4.48 Å². The van der Waals surface area contributed by atoms with Crippen LogP contribution < -0.4 is 0 Å². The number of allylic oxidation sites excluding steroid dienone is 1. The molecule has 1 heteroatoms. The topological polar surface area (TPSA) is 0 Å². The maximum atomic E-state index is 3.42. The van der Waals surface area contributed by atoms with Gasteiger partial charge in [0.25, 0.3) is 0 Å². The summed E-state index contributed by atoms with van der Waals surface area (Å²) in [6, 6.07) is 0. The lowest BCUT2D eigenvalue weighted by Crippen LogP contribution is -2.26. The Bertz CT molecular complexity index is 200. The van der Waals surface area contributed by atoms with Gasteiger partial charge in [-0.15, -0.1) is 0 Å². The van der Waals surface area contributed by atoms with Crippen LogP contribution in [0.3, 0.4) is 0 Å². The van der Waals surface area contributed by atoms with E-state index in [0.717, 1.165) is 4.48 Å². The fourth-order valence-electron chi connectivity index (χ4n) is 1.27. The lowest BCUT2D eigenvalue weighted by molar-refractivity contribution is -0.817. The van der Waals surface area contributed by atoms with Crippen LogP contribution >= 0.6 is 0 Å². The molecule has 1 nitrogen and oxygen atoms in total. The molecular formula is C12H24N+. The van der Waals surface area contributed by atoms with Crippen LogP contribution in [-0.2, 0) is 0 Å². The zero-order valence-electron chi connectivity index (χ0n) is 10.2. The van der Waals surface area contributed by atoms with E-state index in [1.807, 2.05) is 0 Å². The Balaban J connectivity index is 4.84. The first-order chi connectivity index (χ1) is 5.74. The summed E-state index contributed by atoms with van der Waals surface area (Å²) in [7, 11) is 6.43. The normalized spacial score (nSPS) is 11.8. The van der Waals surface area contributed by atoms with Crippen molar-refractivity contribution in [1.29, 1.82) is 0 Å². The van der Waals surface area contributed by atoms with Crippen molar-refractivity contribution in [2.24, 2.45) is 11.8 Å². The van der Waals surface area contributed by atoms with Gasteiger partial charge in [-0.3, -0.25) is 4.48 Å². The minimum atomic E-state index is 0.600. The van der Waals surface area contributed by atoms with E-state index in [4.69, 9.17) is 0 Å². The first-order valence-corrected chi connectivity index (χ1v) is 5.03. The summed E-state index contributed by atoms with van der Waals surface area (Å²) in [5.41, 5.74) is 4.83. The largest absolute Gasteiger partial charge is 0.298 e. The SMILES string of the molecule is CC(C)C(=C=C[N+](C)(C)C)C(C)C. The first-order valence-electron chi connectivity index (χ1n) is 5.03. The zero-order chi connectivity index (χ0) is 10.6. The van der Waals surface area contributed by atoms with Gasteiger partial charge in [0.2, 0.25) is 0 Å². The van der Waals surface area contributed by atoms with Gasteiger partial charge in [0.15, 0.2) is 0 Å². The molecule has 0 saturated heterocycles. The molecular weight excluding hydrogens is 158 g/mol. The number of quaternary nitrogens is 1. The second-order valence-corrected chi connectivity index (χ2v) is 5.15. The van der Waals surface area contributed by atoms with Gasteiger partial charge in [0.05, 0.1) is 21.1 Å². The summed E-state index contributed by atoms with van der Waals surface area (Å²) < 4.78 is 0.836. The van der Waals surface area contributed by atoms with Crippen molar-refractivity contribution in [2.45, 2.75) is 27.7 Å². The van der Waals surface area contributed by atoms with Gasteiger partial charge < -0.3 is 0 Å². The number of rotatable bonds is 3. The first kappa shape index (κ1) is 12.5. The lowest BCUT2D eigenvalue weighted by atomic mass is 9.94. The molecule has 0 radical (unpaired) electrons. The summed E-state index contributed by atoms with van der Waals surface area (Å²) in [6.45, 7) is 8.91. The van der Waals surface area contributed by atoms with Crippen molar-refractivity contribution >= 4 is 0 Å². The summed E-state index contributed by atoms with van der Waals surface area (Å²) in [4.78, 5) is 0. The quantitative estimate of drug-likeness (QED) is 0.465. The fourth-order valence-corrected chi connectivity index (χ4v) is 1.27. The van der Waals surface area contributed by atoms with Gasteiger partial charge in [-0.05, 0) is 17.4 Å². The van der Waals surface area contributed by atoms with Gasteiger partial charge in [-0.1, -0.05) is 33.4 Å². The molecule has 0 saturated carbocycles. The molecule has 0 aliphatic rings. The molecule has 0 aliphatic carbocycles. The molecule has 0 atom stereocenters. The summed E-state index contributed by atoms with van der Waals surface area (Å²) in [6.07, 6.45) is 2.12. The van der Waals surface area contributed by atoms with Crippen LogP contribution in [0.5, 0.6) is 0 Å². The second kappa shape index (κ2) is 4.64. The summed E-state index contributed by atoms with van der Waals surface area (Å²) in [5, 5.41) is 0. The Hall–Kier alpha value is -0.520. The van der Waals surface area contributed by atoms with E-state index >= 15 is 0 Å². The molecule has 0 unspecified atom stereocenters. The molecule has 0 aromatic rings. The van der Waals surface area contributed by atoms with E-state index < -0.39 is 0 Å². The van der Waals surface area contributed by atoms with Crippen LogP contribution in [0.4, 0.5) is 0 Å². The van der Waals surface area contributed by atoms with Crippen LogP contribution in [0.25, 0.3) is 0 Å². The predicted octanol–water partition coefficient (Wildman–Crippen LogP) is 3.04. The van der Waals surface area contributed by atoms with E-state index in [1.54, 1.807) is 0 Å². The number of nitrogens with zero attached hydrogens (tertiary/aromatic N) is 1. The van der Waals surface area contributed by atoms with E-state index in [0.29, 0.717) is 11.8 Å². The summed E-state index contributed by atoms with van der Waals surface area (Å²) in [5.74, 6) is 1.20. The third-order valence-electron chi connectivity index (χ3n) is 1.86. The molecule has 0 fully saturated rings. The molecule has 0 bridgehead atoms. The highest BCUT2D eigenvalue weighted by molar-refractivity contribution is 5.05. The van der Waals surface area contributed by atoms with Gasteiger partial charge >= 0.3 is 0 Å². The fraction of sp³-hybridized carbons (Fsp3) is 0.750. The maximum absolute atomic E-state index is 3.42. The second-order valence-electron chi connectivity index (χ2n) is 5.15. The molecule has 0 aromatic heterocycles. The predicted molar refractivity (Wildman–Crippen MR) is 59.3 cm³/mol. The van der Waals surface area contributed by atoms with Gasteiger partial charge in [-0.25, -0.2) is 0 Å². The van der Waals surface area contributed by atoms with Crippen LogP contribution in [0.1, 0.15) is 27.7 Å². The average molecular weight is 182 g/mol. The minimum Gasteiger partial charge on any atom is -0.298 e. The van der Waals surface area contributed by atoms with Crippen LogP contribution in [0.15, 0.2) is 17.5 Å². The van der Waals surface area contributed by atoms with E-state index in [1.165, 1.54) is 5.57 Å². The zero-order valence-corrected chi connectivity index (χ0v) is 10.2. The van der Waals surface area contributed by atoms with Crippen molar-refractivity contribution in [1.82, 2.24) is 0 Å². The highest BCUT2D eigenvalue weighted by atomic mass is 15.3. The van der Waals surface area contributed by atoms with Gasteiger partial charge in [0.1, 0.15) is 6.20 Å². The Labute approximate surface area is 83.3 Å². The molecule has 0 heterocycles. The van der Waals surface area contributed by atoms with Gasteiger partial charge in [-0.2, -0.15) is 0 Å². The minimum absolute atomic E-state index is 0.600. The number of hydrogen-bond acceptors (Lipinski definition) is 0. The summed E-state index contributed by atoms with van der Waals surface area (Å²) >= 11 is 0. The molecule has 13 heavy (non-hydrogen) atoms. The standard InChI is InChI=1S/C12H24N/c1-10(2)12(11(3)4)8-9-13(5,6)7/h9-11H,1-7H3/q+1. The Morgan fingerprint density at radius 3 is 1.62 bits per heavy atom. The Kier molecular flexibility index (Phi) is 4.46. The number of hydrogen-bond donors (Lipinski definition) is 0. The molecule has 0 spiro atoms. The van der Waals surface area contributed by atoms with Crippen molar-refractivity contribution in [2.75, 3.05) is 21.1 Å². The average Bonchev–Trinajstić information content (AvgIpc) is 1.82. The van der Waals surface area contributed by atoms with Crippen molar-refractivity contribution in [3.8, 4) is 0 Å². The molecule has 0 aromatic carbocycles. The van der Waals surface area contributed by atoms with Gasteiger partial charge in [0, 0.05) is 0 Å². The third kappa shape index (κ3) is 5.68. The molecule has 0 amide bonds. The highest BCUT2D eigenvalue weighted by Crippen LogP contribution is 2.17.